The second-order valence-electron chi connectivity index (χ2n) is 15.4. The number of unbranched alkanes of at least 4 members (excludes halogenated alkanes) is 12. The van der Waals surface area contributed by atoms with Crippen molar-refractivity contribution in [2.24, 2.45) is 5.73 Å². The minimum Gasteiger partial charge on any atom is -0.480 e. The summed E-state index contributed by atoms with van der Waals surface area (Å²) in [5.74, 6) is -2.77. The lowest BCUT2D eigenvalue weighted by molar-refractivity contribution is -0.161. The average molecular weight is 910 g/mol. The molecule has 6 atom stereocenters. The van der Waals surface area contributed by atoms with E-state index in [1.165, 1.54) is 57.4 Å². The zero-order chi connectivity index (χ0) is 46.8. The number of carbonyl (C=O) groups is 3. The van der Waals surface area contributed by atoms with Gasteiger partial charge in [0.05, 0.1) is 31.5 Å². The number of aliphatic carboxylic acids is 1. The van der Waals surface area contributed by atoms with Crippen LogP contribution in [0.3, 0.4) is 0 Å². The van der Waals surface area contributed by atoms with Crippen molar-refractivity contribution in [2.45, 2.75) is 179 Å². The van der Waals surface area contributed by atoms with Crippen LogP contribution in [0.15, 0.2) is 85.1 Å². The van der Waals surface area contributed by atoms with Crippen molar-refractivity contribution in [1.29, 1.82) is 0 Å². The molecule has 0 aromatic heterocycles. The fraction of sp³-hybridized carbons (Fsp3) is 0.646. The number of phosphoric acid groups is 1. The lowest BCUT2D eigenvalue weighted by Crippen LogP contribution is -2.34. The summed E-state index contributed by atoms with van der Waals surface area (Å²) in [4.78, 5) is 46.1. The van der Waals surface area contributed by atoms with Crippen LogP contribution in [0.1, 0.15) is 149 Å². The smallest absolute Gasteiger partial charge is 0.472 e. The molecule has 0 aromatic rings. The van der Waals surface area contributed by atoms with E-state index in [2.05, 4.69) is 35.8 Å². The lowest BCUT2D eigenvalue weighted by atomic mass is 10.1. The Morgan fingerprint density at radius 1 is 0.635 bits per heavy atom. The molecule has 0 bridgehead atoms. The predicted molar refractivity (Wildman–Crippen MR) is 248 cm³/mol. The van der Waals surface area contributed by atoms with Gasteiger partial charge in [0.1, 0.15) is 12.6 Å². The third-order valence-corrected chi connectivity index (χ3v) is 10.4. The minimum absolute atomic E-state index is 0.0748. The van der Waals surface area contributed by atoms with E-state index in [9.17, 15) is 39.2 Å². The van der Waals surface area contributed by atoms with Crippen LogP contribution < -0.4 is 5.73 Å². The van der Waals surface area contributed by atoms with Gasteiger partial charge in [-0.3, -0.25) is 23.4 Å². The molecule has 0 saturated heterocycles. The molecular formula is C48H80NO13P. The third kappa shape index (κ3) is 39.8. The van der Waals surface area contributed by atoms with Crippen molar-refractivity contribution in [2.75, 3.05) is 19.8 Å². The Bertz CT molecular complexity index is 1440. The molecule has 0 aromatic carbocycles. The molecule has 0 aliphatic rings. The molecule has 0 heterocycles. The van der Waals surface area contributed by atoms with Gasteiger partial charge in [0.2, 0.25) is 0 Å². The van der Waals surface area contributed by atoms with Gasteiger partial charge < -0.3 is 40.5 Å². The molecule has 7 N–H and O–H groups in total. The van der Waals surface area contributed by atoms with E-state index in [0.29, 0.717) is 12.8 Å². The largest absolute Gasteiger partial charge is 0.480 e. The van der Waals surface area contributed by atoms with Crippen LogP contribution in [0.4, 0.5) is 0 Å². The molecule has 15 heteroatoms. The number of hydrogen-bond acceptors (Lipinski definition) is 12. The van der Waals surface area contributed by atoms with E-state index in [1.54, 1.807) is 42.5 Å². The molecule has 0 radical (unpaired) electrons. The summed E-state index contributed by atoms with van der Waals surface area (Å²) in [5, 5.41) is 39.3. The van der Waals surface area contributed by atoms with E-state index < -0.39 is 76.0 Å². The quantitative estimate of drug-likeness (QED) is 0.0110. The van der Waals surface area contributed by atoms with Crippen LogP contribution in [-0.4, -0.2) is 93.5 Å². The first kappa shape index (κ1) is 59.5. The van der Waals surface area contributed by atoms with Crippen LogP contribution in [0.5, 0.6) is 0 Å². The number of rotatable bonds is 41. The first-order valence-electron chi connectivity index (χ1n) is 22.9. The van der Waals surface area contributed by atoms with E-state index in [0.717, 1.165) is 44.9 Å². The van der Waals surface area contributed by atoms with Gasteiger partial charge in [0.15, 0.2) is 6.10 Å². The number of carboxylic acids is 1. The Labute approximate surface area is 377 Å². The Balaban J connectivity index is 4.64. The third-order valence-electron chi connectivity index (χ3n) is 9.47. The molecule has 0 saturated carbocycles. The fourth-order valence-corrected chi connectivity index (χ4v) is 6.51. The Hall–Kier alpha value is -3.46. The van der Waals surface area contributed by atoms with E-state index in [4.69, 9.17) is 24.8 Å². The van der Waals surface area contributed by atoms with Gasteiger partial charge in [-0.1, -0.05) is 157 Å². The zero-order valence-corrected chi connectivity index (χ0v) is 38.9. The van der Waals surface area contributed by atoms with Gasteiger partial charge in [0.25, 0.3) is 0 Å². The molecular weight excluding hydrogens is 829 g/mol. The number of aliphatic hydroxyl groups excluding tert-OH is 3. The molecule has 0 aliphatic carbocycles. The van der Waals surface area contributed by atoms with Crippen molar-refractivity contribution < 1.29 is 62.8 Å². The first-order chi connectivity index (χ1) is 30.3. The van der Waals surface area contributed by atoms with Crippen LogP contribution in [-0.2, 0) is 37.5 Å². The molecule has 0 aliphatic heterocycles. The van der Waals surface area contributed by atoms with Crippen LogP contribution in [0.2, 0.25) is 0 Å². The van der Waals surface area contributed by atoms with Gasteiger partial charge in [0, 0.05) is 12.8 Å². The van der Waals surface area contributed by atoms with E-state index in [1.807, 2.05) is 19.1 Å². The number of allylic oxidation sites excluding steroid dienone is 11. The molecule has 0 amide bonds. The van der Waals surface area contributed by atoms with Crippen molar-refractivity contribution in [1.82, 2.24) is 0 Å². The van der Waals surface area contributed by atoms with Gasteiger partial charge >= 0.3 is 25.7 Å². The fourth-order valence-electron chi connectivity index (χ4n) is 5.73. The number of nitrogens with two attached hydrogens (primary N) is 1. The average Bonchev–Trinajstić information content (AvgIpc) is 3.25. The van der Waals surface area contributed by atoms with E-state index in [-0.39, 0.29) is 25.7 Å². The summed E-state index contributed by atoms with van der Waals surface area (Å²) in [6.45, 7) is 2.23. The van der Waals surface area contributed by atoms with Crippen molar-refractivity contribution in [3.8, 4) is 0 Å². The number of phosphoric ester groups is 1. The van der Waals surface area contributed by atoms with E-state index >= 15 is 0 Å². The highest BCUT2D eigenvalue weighted by molar-refractivity contribution is 7.47. The Morgan fingerprint density at radius 2 is 1.19 bits per heavy atom. The molecule has 63 heavy (non-hydrogen) atoms. The first-order valence-corrected chi connectivity index (χ1v) is 24.4. The number of hydrogen-bond donors (Lipinski definition) is 6. The maximum absolute atomic E-state index is 12.7. The second kappa shape index (κ2) is 41.3. The monoisotopic (exact) mass is 910 g/mol. The summed E-state index contributed by atoms with van der Waals surface area (Å²) in [5.41, 5.74) is 5.32. The number of esters is 2. The molecule has 0 rings (SSSR count). The summed E-state index contributed by atoms with van der Waals surface area (Å²) in [7, 11) is -4.81. The SMILES string of the molecule is CC/C=C\C[C@@H](O)/C=C/C=C/C=C\C=C/[C@H](O)[C@@H](O)CCCC(=O)OC[C@H](COP(=O)(O)OC[C@H](N)C(=O)O)OC(=O)CCCCCCCCCCC/C=C\C/C=C\CCCCC. The number of ether oxygens (including phenoxy) is 2. The summed E-state index contributed by atoms with van der Waals surface area (Å²) >= 11 is 0. The second-order valence-corrected chi connectivity index (χ2v) is 16.8. The Kier molecular flexibility index (Phi) is 39.0. The van der Waals surface area contributed by atoms with Crippen LogP contribution in [0.25, 0.3) is 0 Å². The summed E-state index contributed by atoms with van der Waals surface area (Å²) in [6.07, 6.45) is 40.2. The van der Waals surface area contributed by atoms with Gasteiger partial charge in [-0.05, 0) is 64.2 Å². The minimum atomic E-state index is -4.81. The summed E-state index contributed by atoms with van der Waals surface area (Å²) in [6, 6.07) is -1.58. The highest BCUT2D eigenvalue weighted by Crippen LogP contribution is 2.43. The molecule has 0 fully saturated rings. The standard InChI is InChI=1S/C48H80NO13P/c1-3-5-7-8-9-10-11-12-13-14-15-16-17-18-19-20-21-26-30-36-47(54)62-42(39-60-63(57,58)61-40-43(49)48(55)56)38-59-46(53)37-31-35-45(52)44(51)34-29-25-23-22-24-28-33-41(50)32-27-6-4-2/h6,9-10,12-13,22-25,27-29,33-34,41-45,50-52H,3-5,7-8,11,14-21,26,30-32,35-40,49H2,1-2H3,(H,55,56)(H,57,58)/b10-9-,13-12-,24-22+,25-23-,27-6-,33-28+,34-29-/t41-,42-,43+,44+,45+/m1/s1. The number of aliphatic hydroxyl groups is 3. The van der Waals surface area contributed by atoms with Gasteiger partial charge in [-0.2, -0.15) is 0 Å². The topological polar surface area (TPSA) is 232 Å². The zero-order valence-electron chi connectivity index (χ0n) is 38.0. The maximum Gasteiger partial charge on any atom is 0.472 e. The van der Waals surface area contributed by atoms with Crippen molar-refractivity contribution in [3.63, 3.8) is 0 Å². The van der Waals surface area contributed by atoms with Crippen LogP contribution in [0, 0.1) is 0 Å². The molecule has 0 spiro atoms. The molecule has 360 valence electrons. The van der Waals surface area contributed by atoms with Crippen LogP contribution >= 0.6 is 7.82 Å². The number of carbonyl (C=O) groups excluding carboxylic acids is 2. The van der Waals surface area contributed by atoms with Crippen molar-refractivity contribution in [3.05, 3.63) is 85.1 Å². The highest BCUT2D eigenvalue weighted by Gasteiger charge is 2.28. The predicted octanol–water partition coefficient (Wildman–Crippen LogP) is 9.19. The summed E-state index contributed by atoms with van der Waals surface area (Å²) < 4.78 is 32.5. The Morgan fingerprint density at radius 3 is 1.81 bits per heavy atom. The van der Waals surface area contributed by atoms with Gasteiger partial charge in [-0.25, -0.2) is 4.57 Å². The molecule has 1 unspecified atom stereocenters. The molecule has 14 nitrogen and oxygen atoms in total. The maximum atomic E-state index is 12.7. The highest BCUT2D eigenvalue weighted by atomic mass is 31.2. The number of carboxylic acid groups (broad SMARTS) is 1. The van der Waals surface area contributed by atoms with Gasteiger partial charge in [-0.15, -0.1) is 0 Å². The van der Waals surface area contributed by atoms with Crippen molar-refractivity contribution >= 4 is 25.7 Å². The lowest BCUT2D eigenvalue weighted by Gasteiger charge is -2.20. The normalized spacial score (nSPS) is 15.9.